The van der Waals surface area contributed by atoms with Crippen molar-refractivity contribution in [2.75, 3.05) is 25.7 Å². The van der Waals surface area contributed by atoms with Crippen LogP contribution in [0.2, 0.25) is 0 Å². The molecule has 0 saturated carbocycles. The number of carbonyl (C=O) groups excluding carboxylic acids is 3. The van der Waals surface area contributed by atoms with Crippen LogP contribution in [0, 0.1) is 0 Å². The molecular weight excluding hydrogens is 402 g/mol. The van der Waals surface area contributed by atoms with E-state index in [-0.39, 0.29) is 12.2 Å². The average molecular weight is 425 g/mol. The Morgan fingerprint density at radius 1 is 1.03 bits per heavy atom. The van der Waals surface area contributed by atoms with Gasteiger partial charge in [0.2, 0.25) is 0 Å². The predicted octanol–water partition coefficient (Wildman–Crippen LogP) is 3.37. The third kappa shape index (κ3) is 3.96. The monoisotopic (exact) mass is 425 g/mol. The number of anilines is 1. The summed E-state index contributed by atoms with van der Waals surface area (Å²) >= 11 is 0. The highest BCUT2D eigenvalue weighted by Crippen LogP contribution is 2.43. The molecule has 0 saturated heterocycles. The van der Waals surface area contributed by atoms with Gasteiger partial charge in [0, 0.05) is 5.69 Å². The third-order valence-electron chi connectivity index (χ3n) is 4.97. The molecule has 1 N–H and O–H groups in total. The van der Waals surface area contributed by atoms with Crippen molar-refractivity contribution >= 4 is 23.3 Å². The molecule has 1 aliphatic heterocycles. The van der Waals surface area contributed by atoms with Crippen LogP contribution in [0.25, 0.3) is 0 Å². The van der Waals surface area contributed by atoms with Crippen molar-refractivity contribution in [3.8, 4) is 11.5 Å². The fourth-order valence-corrected chi connectivity index (χ4v) is 3.54. The van der Waals surface area contributed by atoms with Crippen LogP contribution in [0.3, 0.4) is 0 Å². The topological polar surface area (TPSA) is 102 Å². The summed E-state index contributed by atoms with van der Waals surface area (Å²) in [4.78, 5) is 38.5. The predicted molar refractivity (Wildman–Crippen MR) is 113 cm³/mol. The van der Waals surface area contributed by atoms with Crippen LogP contribution < -0.4 is 14.4 Å². The van der Waals surface area contributed by atoms with Gasteiger partial charge < -0.3 is 19.3 Å². The molecule has 0 unspecified atom stereocenters. The number of benzene rings is 2. The van der Waals surface area contributed by atoms with Gasteiger partial charge in [-0.05, 0) is 55.8 Å². The lowest BCUT2D eigenvalue weighted by Gasteiger charge is -2.27. The summed E-state index contributed by atoms with van der Waals surface area (Å²) in [6, 6.07) is 10.3. The smallest absolute Gasteiger partial charge is 0.338 e. The summed E-state index contributed by atoms with van der Waals surface area (Å²) in [5.41, 5.74) is 1.26. The molecule has 8 heteroatoms. The largest absolute Gasteiger partial charge is 0.503 e. The highest BCUT2D eigenvalue weighted by molar-refractivity contribution is 6.16. The molecule has 0 bridgehead atoms. The molecule has 1 heterocycles. The molecular formula is C23H23NO7. The van der Waals surface area contributed by atoms with E-state index in [1.807, 2.05) is 0 Å². The van der Waals surface area contributed by atoms with E-state index in [0.717, 1.165) is 0 Å². The van der Waals surface area contributed by atoms with Gasteiger partial charge in [0.1, 0.15) is 0 Å². The number of Topliss-reactive ketones (excluding diaryl/α,β-unsaturated/α-hetero) is 1. The van der Waals surface area contributed by atoms with E-state index in [0.29, 0.717) is 28.3 Å². The number of hydrogen-bond donors (Lipinski definition) is 1. The van der Waals surface area contributed by atoms with E-state index in [9.17, 15) is 19.5 Å². The number of methoxy groups -OCH3 is 2. The third-order valence-corrected chi connectivity index (χ3v) is 4.97. The SMILES string of the molecule is CCOC(=O)c1ccc(N2C(=O)C(O)=C(C(C)=O)[C@H]2c2ccc(OC)c(OC)c2)cc1. The van der Waals surface area contributed by atoms with Crippen molar-refractivity contribution in [1.82, 2.24) is 0 Å². The Morgan fingerprint density at radius 2 is 1.68 bits per heavy atom. The summed E-state index contributed by atoms with van der Waals surface area (Å²) in [5.74, 6) is -1.34. The van der Waals surface area contributed by atoms with Gasteiger partial charge in [-0.2, -0.15) is 0 Å². The van der Waals surface area contributed by atoms with Crippen molar-refractivity contribution < 1.29 is 33.7 Å². The second-order valence-corrected chi connectivity index (χ2v) is 6.78. The number of ether oxygens (including phenoxy) is 3. The maximum absolute atomic E-state index is 12.9. The molecule has 0 aliphatic carbocycles. The molecule has 1 aliphatic rings. The lowest BCUT2D eigenvalue weighted by molar-refractivity contribution is -0.117. The molecule has 31 heavy (non-hydrogen) atoms. The number of ketones is 1. The molecule has 3 rings (SSSR count). The van der Waals surface area contributed by atoms with Gasteiger partial charge in [-0.1, -0.05) is 6.07 Å². The first-order chi connectivity index (χ1) is 14.8. The Balaban J connectivity index is 2.10. The van der Waals surface area contributed by atoms with E-state index in [1.54, 1.807) is 37.3 Å². The molecule has 1 atom stereocenters. The fraction of sp³-hybridized carbons (Fsp3) is 0.261. The van der Waals surface area contributed by atoms with E-state index in [2.05, 4.69) is 0 Å². The van der Waals surface area contributed by atoms with Crippen LogP contribution in [0.15, 0.2) is 53.8 Å². The van der Waals surface area contributed by atoms with Crippen molar-refractivity contribution in [3.05, 3.63) is 64.9 Å². The van der Waals surface area contributed by atoms with E-state index in [4.69, 9.17) is 14.2 Å². The molecule has 0 radical (unpaired) electrons. The summed E-state index contributed by atoms with van der Waals surface area (Å²) in [6.45, 7) is 3.24. The minimum absolute atomic E-state index is 0.0216. The lowest BCUT2D eigenvalue weighted by atomic mass is 9.96. The Bertz CT molecular complexity index is 1060. The van der Waals surface area contributed by atoms with Crippen LogP contribution in [0.5, 0.6) is 11.5 Å². The molecule has 0 aromatic heterocycles. The normalized spacial score (nSPS) is 15.8. The average Bonchev–Trinajstić information content (AvgIpc) is 3.04. The highest BCUT2D eigenvalue weighted by atomic mass is 16.5. The summed E-state index contributed by atoms with van der Waals surface area (Å²) in [6.07, 6.45) is 0. The highest BCUT2D eigenvalue weighted by Gasteiger charge is 2.43. The van der Waals surface area contributed by atoms with Gasteiger partial charge in [0.05, 0.1) is 38.0 Å². The maximum atomic E-state index is 12.9. The molecule has 162 valence electrons. The lowest BCUT2D eigenvalue weighted by Crippen LogP contribution is -2.31. The van der Waals surface area contributed by atoms with Crippen LogP contribution in [-0.4, -0.2) is 43.6 Å². The Kier molecular flexibility index (Phi) is 6.29. The number of nitrogens with zero attached hydrogens (tertiary/aromatic N) is 1. The second-order valence-electron chi connectivity index (χ2n) is 6.78. The molecule has 2 aromatic carbocycles. The quantitative estimate of drug-likeness (QED) is 0.679. The van der Waals surface area contributed by atoms with Crippen LogP contribution in [-0.2, 0) is 14.3 Å². The number of aliphatic hydroxyl groups is 1. The van der Waals surface area contributed by atoms with Crippen molar-refractivity contribution in [1.29, 1.82) is 0 Å². The first-order valence-electron chi connectivity index (χ1n) is 9.60. The Hall–Kier alpha value is -3.81. The standard InChI is InChI=1S/C23H23NO7/c1-5-31-23(28)14-6-9-16(10-7-14)24-20(19(13(2)25)21(26)22(24)27)15-8-11-17(29-3)18(12-15)30-4/h6-12,20,26H,5H2,1-4H3/t20-/m1/s1. The van der Waals surface area contributed by atoms with Crippen molar-refractivity contribution in [2.45, 2.75) is 19.9 Å². The van der Waals surface area contributed by atoms with Gasteiger partial charge in [0.15, 0.2) is 23.0 Å². The molecule has 2 aromatic rings. The summed E-state index contributed by atoms with van der Waals surface area (Å²) in [5, 5.41) is 10.5. The molecule has 0 spiro atoms. The fourth-order valence-electron chi connectivity index (χ4n) is 3.54. The number of carbonyl (C=O) groups is 3. The zero-order valence-electron chi connectivity index (χ0n) is 17.7. The zero-order valence-corrected chi connectivity index (χ0v) is 17.7. The van der Waals surface area contributed by atoms with Crippen LogP contribution >= 0.6 is 0 Å². The van der Waals surface area contributed by atoms with E-state index < -0.39 is 29.5 Å². The van der Waals surface area contributed by atoms with Gasteiger partial charge in [-0.25, -0.2) is 4.79 Å². The van der Waals surface area contributed by atoms with Crippen molar-refractivity contribution in [3.63, 3.8) is 0 Å². The summed E-state index contributed by atoms with van der Waals surface area (Å²) in [7, 11) is 2.98. The Morgan fingerprint density at radius 3 is 2.23 bits per heavy atom. The Labute approximate surface area is 179 Å². The van der Waals surface area contributed by atoms with Gasteiger partial charge in [0.25, 0.3) is 5.91 Å². The number of aliphatic hydroxyl groups excluding tert-OH is 1. The first kappa shape index (κ1) is 21.9. The molecule has 0 fully saturated rings. The van der Waals surface area contributed by atoms with Crippen molar-refractivity contribution in [2.24, 2.45) is 0 Å². The van der Waals surface area contributed by atoms with E-state index >= 15 is 0 Å². The van der Waals surface area contributed by atoms with E-state index in [1.165, 1.54) is 38.2 Å². The maximum Gasteiger partial charge on any atom is 0.338 e. The number of esters is 1. The molecule has 8 nitrogen and oxygen atoms in total. The van der Waals surface area contributed by atoms with Gasteiger partial charge >= 0.3 is 5.97 Å². The number of rotatable bonds is 7. The summed E-state index contributed by atoms with van der Waals surface area (Å²) < 4.78 is 15.6. The molecule has 1 amide bonds. The van der Waals surface area contributed by atoms with Gasteiger partial charge in [-0.3, -0.25) is 14.5 Å². The second kappa shape index (κ2) is 8.91. The van der Waals surface area contributed by atoms with Gasteiger partial charge in [-0.15, -0.1) is 0 Å². The number of amides is 1. The number of hydrogen-bond acceptors (Lipinski definition) is 7. The van der Waals surface area contributed by atoms with Crippen LogP contribution in [0.4, 0.5) is 5.69 Å². The minimum Gasteiger partial charge on any atom is -0.503 e. The first-order valence-corrected chi connectivity index (χ1v) is 9.60. The minimum atomic E-state index is -0.877. The van der Waals surface area contributed by atoms with Crippen LogP contribution in [0.1, 0.15) is 35.8 Å². The zero-order chi connectivity index (χ0) is 22.7.